The average Bonchev–Trinajstić information content (AvgIpc) is 2.23. The maximum atomic E-state index is 4.50. The molecule has 0 aromatic carbocycles. The first-order valence-corrected chi connectivity index (χ1v) is 4.06. The van der Waals surface area contributed by atoms with Crippen LogP contribution in [-0.2, 0) is 0 Å². The highest BCUT2D eigenvalue weighted by Crippen LogP contribution is 2.47. The summed E-state index contributed by atoms with van der Waals surface area (Å²) >= 11 is 0. The molecule has 3 unspecified atom stereocenters. The van der Waals surface area contributed by atoms with Crippen LogP contribution in [0.25, 0.3) is 0 Å². The van der Waals surface area contributed by atoms with Gasteiger partial charge < -0.3 is 0 Å². The van der Waals surface area contributed by atoms with Gasteiger partial charge in [0.2, 0.25) is 0 Å². The van der Waals surface area contributed by atoms with Gasteiger partial charge in [0.15, 0.2) is 0 Å². The van der Waals surface area contributed by atoms with Crippen LogP contribution >= 0.6 is 9.24 Å². The fourth-order valence-corrected chi connectivity index (χ4v) is 2.78. The SMILES string of the molecule is [P]C1CC2CCC1C2. The van der Waals surface area contributed by atoms with Gasteiger partial charge in [-0.15, -0.1) is 0 Å². The van der Waals surface area contributed by atoms with E-state index < -0.39 is 0 Å². The van der Waals surface area contributed by atoms with E-state index in [9.17, 15) is 0 Å². The Balaban J connectivity index is 2.11. The summed E-state index contributed by atoms with van der Waals surface area (Å²) in [6.07, 6.45) is 5.88. The third-order valence-electron chi connectivity index (χ3n) is 2.70. The first kappa shape index (κ1) is 5.23. The van der Waals surface area contributed by atoms with Crippen LogP contribution in [0, 0.1) is 11.8 Å². The highest BCUT2D eigenvalue weighted by molar-refractivity contribution is 7.17. The molecule has 2 bridgehead atoms. The molecule has 0 N–H and O–H groups in total. The molecule has 0 saturated heterocycles. The lowest BCUT2D eigenvalue weighted by molar-refractivity contribution is 0.492. The van der Waals surface area contributed by atoms with E-state index in [2.05, 4.69) is 9.24 Å². The van der Waals surface area contributed by atoms with Crippen molar-refractivity contribution in [1.82, 2.24) is 0 Å². The summed E-state index contributed by atoms with van der Waals surface area (Å²) in [5.74, 6) is 2.07. The molecule has 0 aliphatic heterocycles. The van der Waals surface area contributed by atoms with Crippen LogP contribution in [0.4, 0.5) is 0 Å². The van der Waals surface area contributed by atoms with Crippen molar-refractivity contribution < 1.29 is 0 Å². The van der Waals surface area contributed by atoms with Gasteiger partial charge in [-0.2, -0.15) is 0 Å². The van der Waals surface area contributed by atoms with E-state index in [1.54, 1.807) is 0 Å². The van der Waals surface area contributed by atoms with Crippen LogP contribution in [0.5, 0.6) is 0 Å². The molecular formula is C7H11P. The monoisotopic (exact) mass is 126 g/mol. The predicted octanol–water partition coefficient (Wildman–Crippen LogP) is 2.59. The fourth-order valence-electron chi connectivity index (χ4n) is 2.21. The van der Waals surface area contributed by atoms with Gasteiger partial charge in [-0.3, -0.25) is 0 Å². The molecule has 2 aliphatic rings. The number of hydrogen-bond acceptors (Lipinski definition) is 0. The molecule has 0 spiro atoms. The summed E-state index contributed by atoms with van der Waals surface area (Å²) in [7, 11) is 4.50. The fraction of sp³-hybridized carbons (Fsp3) is 1.00. The van der Waals surface area contributed by atoms with Crippen LogP contribution in [0.15, 0.2) is 0 Å². The van der Waals surface area contributed by atoms with Gasteiger partial charge in [0, 0.05) is 0 Å². The Hall–Kier alpha value is 0.430. The van der Waals surface area contributed by atoms with Crippen LogP contribution < -0.4 is 0 Å². The zero-order valence-corrected chi connectivity index (χ0v) is 5.90. The Kier molecular flexibility index (Phi) is 1.11. The van der Waals surface area contributed by atoms with Crippen molar-refractivity contribution in [2.24, 2.45) is 11.8 Å². The lowest BCUT2D eigenvalue weighted by Gasteiger charge is -2.14. The summed E-state index contributed by atoms with van der Waals surface area (Å²) in [4.78, 5) is 0. The smallest absolute Gasteiger partial charge is 0.00942 e. The van der Waals surface area contributed by atoms with Gasteiger partial charge >= 0.3 is 0 Å². The van der Waals surface area contributed by atoms with Crippen molar-refractivity contribution in [2.45, 2.75) is 31.3 Å². The topological polar surface area (TPSA) is 0 Å². The molecule has 2 radical (unpaired) electrons. The van der Waals surface area contributed by atoms with Crippen molar-refractivity contribution in [1.29, 1.82) is 0 Å². The molecular weight excluding hydrogens is 115 g/mol. The highest BCUT2D eigenvalue weighted by Gasteiger charge is 2.37. The minimum Gasteiger partial charge on any atom is -0.0501 e. The average molecular weight is 126 g/mol. The molecule has 1 heteroatoms. The summed E-state index contributed by atoms with van der Waals surface area (Å²) < 4.78 is 0. The van der Waals surface area contributed by atoms with E-state index >= 15 is 0 Å². The first-order chi connectivity index (χ1) is 3.86. The van der Waals surface area contributed by atoms with Crippen molar-refractivity contribution in [2.75, 3.05) is 0 Å². The summed E-state index contributed by atoms with van der Waals surface area (Å²) in [5.41, 5.74) is 0.772. The number of hydrogen-bond donors (Lipinski definition) is 0. The van der Waals surface area contributed by atoms with Gasteiger partial charge in [0.1, 0.15) is 0 Å². The van der Waals surface area contributed by atoms with Crippen LogP contribution in [0.3, 0.4) is 0 Å². The van der Waals surface area contributed by atoms with Crippen molar-refractivity contribution in [3.8, 4) is 0 Å². The lowest BCUT2D eigenvalue weighted by atomic mass is 10.0. The van der Waals surface area contributed by atoms with Crippen LogP contribution in [-0.4, -0.2) is 5.66 Å². The van der Waals surface area contributed by atoms with Gasteiger partial charge in [-0.25, -0.2) is 0 Å². The number of fused-ring (bicyclic) bond motifs is 2. The molecule has 0 aromatic rings. The first-order valence-electron chi connectivity index (χ1n) is 3.54. The third kappa shape index (κ3) is 0.624. The molecule has 44 valence electrons. The van der Waals surface area contributed by atoms with E-state index in [4.69, 9.17) is 0 Å². The third-order valence-corrected chi connectivity index (χ3v) is 3.33. The van der Waals surface area contributed by atoms with E-state index in [-0.39, 0.29) is 0 Å². The molecule has 0 amide bonds. The van der Waals surface area contributed by atoms with Crippen molar-refractivity contribution in [3.63, 3.8) is 0 Å². The van der Waals surface area contributed by atoms with Crippen LogP contribution in [0.2, 0.25) is 0 Å². The van der Waals surface area contributed by atoms with Crippen LogP contribution in [0.1, 0.15) is 25.7 Å². The molecule has 8 heavy (non-hydrogen) atoms. The Morgan fingerprint density at radius 1 is 1.12 bits per heavy atom. The lowest BCUT2D eigenvalue weighted by Crippen LogP contribution is -2.07. The maximum Gasteiger partial charge on any atom is -0.00942 e. The second-order valence-electron chi connectivity index (χ2n) is 3.24. The molecule has 2 aliphatic carbocycles. The second kappa shape index (κ2) is 1.70. The molecule has 0 aromatic heterocycles. The Morgan fingerprint density at radius 3 is 2.25 bits per heavy atom. The zero-order chi connectivity index (χ0) is 5.56. The number of rotatable bonds is 0. The summed E-state index contributed by atoms with van der Waals surface area (Å²) in [5, 5.41) is 0. The highest BCUT2D eigenvalue weighted by atomic mass is 31.0. The molecule has 0 nitrogen and oxygen atoms in total. The van der Waals surface area contributed by atoms with Gasteiger partial charge in [-0.05, 0) is 46.0 Å². The summed E-state index contributed by atoms with van der Waals surface area (Å²) in [6, 6.07) is 0. The molecule has 2 saturated carbocycles. The Labute approximate surface area is 53.2 Å². The van der Waals surface area contributed by atoms with E-state index in [1.807, 2.05) is 0 Å². The molecule has 0 heterocycles. The molecule has 2 fully saturated rings. The van der Waals surface area contributed by atoms with Gasteiger partial charge in [0.25, 0.3) is 0 Å². The molecule has 2 rings (SSSR count). The Bertz CT molecular complexity index is 98.6. The minimum atomic E-state index is 0.772. The predicted molar refractivity (Wildman–Crippen MR) is 36.2 cm³/mol. The summed E-state index contributed by atoms with van der Waals surface area (Å²) in [6.45, 7) is 0. The maximum absolute atomic E-state index is 4.50. The largest absolute Gasteiger partial charge is 0.0501 e. The van der Waals surface area contributed by atoms with Gasteiger partial charge in [-0.1, -0.05) is 6.42 Å². The van der Waals surface area contributed by atoms with Crippen molar-refractivity contribution >= 4 is 9.24 Å². The molecule has 3 atom stereocenters. The standard InChI is InChI=1S/C7H11P/c8-7-4-5-1-2-6(7)3-5/h5-7H,1-4H2. The second-order valence-corrected chi connectivity index (χ2v) is 3.91. The van der Waals surface area contributed by atoms with E-state index in [0.717, 1.165) is 17.5 Å². The van der Waals surface area contributed by atoms with Crippen molar-refractivity contribution in [3.05, 3.63) is 0 Å². The minimum absolute atomic E-state index is 0.772. The van der Waals surface area contributed by atoms with E-state index in [1.165, 1.54) is 25.7 Å². The Morgan fingerprint density at radius 2 is 2.00 bits per heavy atom. The normalized spacial score (nSPS) is 52.9. The van der Waals surface area contributed by atoms with E-state index in [0.29, 0.717) is 0 Å². The zero-order valence-electron chi connectivity index (χ0n) is 5.01. The quantitative estimate of drug-likeness (QED) is 0.437. The van der Waals surface area contributed by atoms with Gasteiger partial charge in [0.05, 0.1) is 0 Å².